The maximum atomic E-state index is 5.42. The van der Waals surface area contributed by atoms with Crippen molar-refractivity contribution in [2.24, 2.45) is 0 Å². The van der Waals surface area contributed by atoms with Crippen LogP contribution in [0.2, 0.25) is 0 Å². The third-order valence-electron chi connectivity index (χ3n) is 3.69. The average Bonchev–Trinajstić information content (AvgIpc) is 2.83. The van der Waals surface area contributed by atoms with E-state index in [9.17, 15) is 0 Å². The van der Waals surface area contributed by atoms with Crippen molar-refractivity contribution in [2.45, 2.75) is 37.5 Å². The minimum Gasteiger partial charge on any atom is -0.496 e. The van der Waals surface area contributed by atoms with Gasteiger partial charge in [0.05, 0.1) is 7.11 Å². The van der Waals surface area contributed by atoms with Crippen LogP contribution in [0.3, 0.4) is 0 Å². The van der Waals surface area contributed by atoms with Crippen LogP contribution in [-0.2, 0) is 0 Å². The molecular weight excluding hydrogens is 242 g/mol. The summed E-state index contributed by atoms with van der Waals surface area (Å²) in [5.74, 6) is 2.28. The molecule has 1 aliphatic heterocycles. The lowest BCUT2D eigenvalue weighted by molar-refractivity contribution is 0.399. The highest BCUT2D eigenvalue weighted by Crippen LogP contribution is 2.37. The zero-order valence-electron chi connectivity index (χ0n) is 11.5. The third kappa shape index (κ3) is 3.21. The number of rotatable bonds is 5. The minimum absolute atomic E-state index is 0.333. The van der Waals surface area contributed by atoms with Crippen LogP contribution >= 0.6 is 11.8 Å². The zero-order valence-corrected chi connectivity index (χ0v) is 12.3. The molecule has 2 nitrogen and oxygen atoms in total. The van der Waals surface area contributed by atoms with Crippen molar-refractivity contribution in [3.8, 4) is 5.75 Å². The number of hydrogen-bond donors (Lipinski definition) is 1. The van der Waals surface area contributed by atoms with Crippen molar-refractivity contribution < 1.29 is 4.74 Å². The van der Waals surface area contributed by atoms with E-state index < -0.39 is 0 Å². The van der Waals surface area contributed by atoms with Gasteiger partial charge in [-0.25, -0.2) is 0 Å². The summed E-state index contributed by atoms with van der Waals surface area (Å²) in [6.45, 7) is 5.64. The fourth-order valence-electron chi connectivity index (χ4n) is 2.48. The summed E-state index contributed by atoms with van der Waals surface area (Å²) >= 11 is 2.10. The highest BCUT2D eigenvalue weighted by molar-refractivity contribution is 8.00. The van der Waals surface area contributed by atoms with Crippen molar-refractivity contribution >= 4 is 11.8 Å². The highest BCUT2D eigenvalue weighted by atomic mass is 32.2. The second-order valence-electron chi connectivity index (χ2n) is 5.25. The maximum Gasteiger partial charge on any atom is 0.123 e. The van der Waals surface area contributed by atoms with Crippen molar-refractivity contribution in [2.75, 3.05) is 19.4 Å². The van der Waals surface area contributed by atoms with Crippen LogP contribution in [0.15, 0.2) is 24.3 Å². The first-order valence-corrected chi connectivity index (χ1v) is 7.63. The molecule has 0 bridgehead atoms. The normalized spacial score (nSPS) is 25.1. The summed E-state index contributed by atoms with van der Waals surface area (Å²) in [5, 5.41) is 3.66. The summed E-state index contributed by atoms with van der Waals surface area (Å²) in [5.41, 5.74) is 1.24. The molecule has 0 saturated carbocycles. The van der Waals surface area contributed by atoms with E-state index in [1.54, 1.807) is 7.11 Å². The van der Waals surface area contributed by atoms with Crippen LogP contribution in [0.4, 0.5) is 0 Å². The topological polar surface area (TPSA) is 21.3 Å². The van der Waals surface area contributed by atoms with Crippen molar-refractivity contribution in [3.05, 3.63) is 29.8 Å². The van der Waals surface area contributed by atoms with Gasteiger partial charge in [-0.05, 0) is 38.5 Å². The van der Waals surface area contributed by atoms with E-state index in [-0.39, 0.29) is 0 Å². The molecule has 2 rings (SSSR count). The van der Waals surface area contributed by atoms with E-state index >= 15 is 0 Å². The molecule has 0 radical (unpaired) electrons. The Labute approximate surface area is 114 Å². The van der Waals surface area contributed by atoms with Crippen LogP contribution in [-0.4, -0.2) is 24.2 Å². The molecule has 1 N–H and O–H groups in total. The van der Waals surface area contributed by atoms with Crippen LogP contribution in [0, 0.1) is 0 Å². The van der Waals surface area contributed by atoms with Gasteiger partial charge in [-0.3, -0.25) is 0 Å². The number of ether oxygens (including phenoxy) is 1. The van der Waals surface area contributed by atoms with E-state index in [4.69, 9.17) is 4.74 Å². The number of nitrogens with one attached hydrogen (secondary N) is 1. The van der Waals surface area contributed by atoms with E-state index in [0.29, 0.717) is 10.8 Å². The van der Waals surface area contributed by atoms with Crippen molar-refractivity contribution in [1.29, 1.82) is 0 Å². The molecule has 0 amide bonds. The largest absolute Gasteiger partial charge is 0.496 e. The number of thioether (sulfide) groups is 1. The molecule has 0 spiro atoms. The van der Waals surface area contributed by atoms with Crippen molar-refractivity contribution in [1.82, 2.24) is 5.32 Å². The van der Waals surface area contributed by atoms with Gasteiger partial charge in [0.2, 0.25) is 0 Å². The summed E-state index contributed by atoms with van der Waals surface area (Å²) < 4.78 is 5.83. The molecule has 1 aromatic rings. The van der Waals surface area contributed by atoms with Gasteiger partial charge in [-0.15, -0.1) is 0 Å². The van der Waals surface area contributed by atoms with Gasteiger partial charge in [0, 0.05) is 22.9 Å². The highest BCUT2D eigenvalue weighted by Gasteiger charge is 2.29. The Morgan fingerprint density at radius 2 is 2.22 bits per heavy atom. The van der Waals surface area contributed by atoms with Crippen LogP contribution in [0.1, 0.15) is 38.3 Å². The quantitative estimate of drug-likeness (QED) is 0.878. The van der Waals surface area contributed by atoms with Gasteiger partial charge in [0.25, 0.3) is 0 Å². The lowest BCUT2D eigenvalue weighted by Gasteiger charge is -2.26. The SMILES string of the molecule is COc1ccccc1C(C)NCC1(C)CCCS1. The molecule has 1 saturated heterocycles. The monoisotopic (exact) mass is 265 g/mol. The Hall–Kier alpha value is -0.670. The number of hydrogen-bond acceptors (Lipinski definition) is 3. The fourth-order valence-corrected chi connectivity index (χ4v) is 3.73. The number of methoxy groups -OCH3 is 1. The standard InChI is InChI=1S/C15H23NOS/c1-12(13-7-4-5-8-14(13)17-3)16-11-15(2)9-6-10-18-15/h4-5,7-8,12,16H,6,9-11H2,1-3H3. The van der Waals surface area contributed by atoms with Crippen molar-refractivity contribution in [3.63, 3.8) is 0 Å². The Morgan fingerprint density at radius 3 is 2.89 bits per heavy atom. The summed E-state index contributed by atoms with van der Waals surface area (Å²) in [6.07, 6.45) is 2.68. The molecule has 0 aromatic heterocycles. The van der Waals surface area contributed by atoms with Gasteiger partial charge in [-0.2, -0.15) is 11.8 Å². The first kappa shape index (κ1) is 13.8. The second kappa shape index (κ2) is 5.98. The predicted molar refractivity (Wildman–Crippen MR) is 79.5 cm³/mol. The van der Waals surface area contributed by atoms with Gasteiger partial charge in [0.15, 0.2) is 0 Å². The lowest BCUT2D eigenvalue weighted by Crippen LogP contribution is -2.34. The first-order chi connectivity index (χ1) is 8.64. The van der Waals surface area contributed by atoms with E-state index in [0.717, 1.165) is 12.3 Å². The second-order valence-corrected chi connectivity index (χ2v) is 6.93. The molecule has 1 fully saturated rings. The summed E-state index contributed by atoms with van der Waals surface area (Å²) in [4.78, 5) is 0. The average molecular weight is 265 g/mol. The first-order valence-electron chi connectivity index (χ1n) is 6.65. The Kier molecular flexibility index (Phi) is 4.57. The van der Waals surface area contributed by atoms with Crippen LogP contribution in [0.25, 0.3) is 0 Å². The van der Waals surface area contributed by atoms with Gasteiger partial charge in [-0.1, -0.05) is 18.2 Å². The van der Waals surface area contributed by atoms with E-state index in [2.05, 4.69) is 43.1 Å². The van der Waals surface area contributed by atoms with Crippen LogP contribution < -0.4 is 10.1 Å². The third-order valence-corrected chi connectivity index (χ3v) is 5.23. The predicted octanol–water partition coefficient (Wildman–Crippen LogP) is 3.63. The molecule has 100 valence electrons. The summed E-state index contributed by atoms with van der Waals surface area (Å²) in [6, 6.07) is 8.59. The van der Waals surface area contributed by atoms with Gasteiger partial charge in [0.1, 0.15) is 5.75 Å². The molecule has 3 heteroatoms. The Bertz CT molecular complexity index is 388. The minimum atomic E-state index is 0.333. The smallest absolute Gasteiger partial charge is 0.123 e. The molecular formula is C15H23NOS. The zero-order chi connectivity index (χ0) is 13.0. The number of para-hydroxylation sites is 1. The van der Waals surface area contributed by atoms with E-state index in [1.807, 2.05) is 12.1 Å². The Morgan fingerprint density at radius 1 is 1.44 bits per heavy atom. The molecule has 0 aliphatic carbocycles. The number of benzene rings is 1. The fraction of sp³-hybridized carbons (Fsp3) is 0.600. The molecule has 1 heterocycles. The van der Waals surface area contributed by atoms with Crippen LogP contribution in [0.5, 0.6) is 5.75 Å². The van der Waals surface area contributed by atoms with Gasteiger partial charge >= 0.3 is 0 Å². The molecule has 2 atom stereocenters. The van der Waals surface area contributed by atoms with E-state index in [1.165, 1.54) is 24.2 Å². The maximum absolute atomic E-state index is 5.42. The van der Waals surface area contributed by atoms with Gasteiger partial charge < -0.3 is 10.1 Å². The molecule has 18 heavy (non-hydrogen) atoms. The molecule has 1 aromatic carbocycles. The molecule has 1 aliphatic rings. The Balaban J connectivity index is 1.96. The molecule has 2 unspecified atom stereocenters. The lowest BCUT2D eigenvalue weighted by atomic mass is 10.0. The summed E-state index contributed by atoms with van der Waals surface area (Å²) in [7, 11) is 1.74.